The minimum atomic E-state index is -0.157. The van der Waals surface area contributed by atoms with E-state index in [4.69, 9.17) is 5.73 Å². The Labute approximate surface area is 245 Å². The maximum atomic E-state index is 11.6. The molecule has 2 amide bonds. The van der Waals surface area contributed by atoms with E-state index in [9.17, 15) is 9.59 Å². The van der Waals surface area contributed by atoms with Gasteiger partial charge in [0.15, 0.2) is 0 Å². The Kier molecular flexibility index (Phi) is 37.5. The minimum Gasteiger partial charge on any atom is -0.370 e. The summed E-state index contributed by atoms with van der Waals surface area (Å²) < 4.78 is 0. The third kappa shape index (κ3) is 41.3. The summed E-state index contributed by atoms with van der Waals surface area (Å²) in [7, 11) is 0. The molecule has 4 nitrogen and oxygen atoms in total. The Balaban J connectivity index is 0. The van der Waals surface area contributed by atoms with Crippen molar-refractivity contribution in [2.75, 3.05) is 6.54 Å². The lowest BCUT2D eigenvalue weighted by Crippen LogP contribution is -2.23. The van der Waals surface area contributed by atoms with Crippen LogP contribution in [0.15, 0.2) is 12.2 Å². The molecule has 4 heteroatoms. The number of rotatable bonds is 29. The van der Waals surface area contributed by atoms with Crippen LogP contribution >= 0.6 is 0 Å². The fourth-order valence-electron chi connectivity index (χ4n) is 4.66. The van der Waals surface area contributed by atoms with Crippen molar-refractivity contribution in [1.82, 2.24) is 5.32 Å². The van der Waals surface area contributed by atoms with E-state index in [1.54, 1.807) is 0 Å². The van der Waals surface area contributed by atoms with E-state index in [1.165, 1.54) is 141 Å². The molecule has 0 bridgehead atoms. The van der Waals surface area contributed by atoms with Gasteiger partial charge in [-0.2, -0.15) is 0 Å². The number of allylic oxidation sites excluding steroid dienone is 2. The van der Waals surface area contributed by atoms with Gasteiger partial charge in [0.1, 0.15) is 0 Å². The van der Waals surface area contributed by atoms with Gasteiger partial charge in [-0.3, -0.25) is 9.59 Å². The first kappa shape index (κ1) is 39.8. The van der Waals surface area contributed by atoms with Crippen molar-refractivity contribution in [1.29, 1.82) is 0 Å². The van der Waals surface area contributed by atoms with Crippen molar-refractivity contribution in [3.05, 3.63) is 12.2 Å². The van der Waals surface area contributed by atoms with Crippen LogP contribution in [0.4, 0.5) is 0 Å². The molecule has 0 aliphatic carbocycles. The smallest absolute Gasteiger partial charge is 0.219 e. The van der Waals surface area contributed by atoms with Gasteiger partial charge in [-0.15, -0.1) is 0 Å². The molecule has 0 saturated heterocycles. The number of carbonyl (C=O) groups is 2. The predicted octanol–water partition coefficient (Wildman–Crippen LogP) is 10.7. The Morgan fingerprint density at radius 1 is 0.487 bits per heavy atom. The first-order valence-electron chi connectivity index (χ1n) is 17.3. The first-order chi connectivity index (χ1) is 19.1. The lowest BCUT2D eigenvalue weighted by Gasteiger charge is -2.04. The largest absolute Gasteiger partial charge is 0.370 e. The maximum absolute atomic E-state index is 11.6. The van der Waals surface area contributed by atoms with Crippen molar-refractivity contribution in [2.24, 2.45) is 5.73 Å². The topological polar surface area (TPSA) is 72.2 Å². The SMILES string of the molecule is CCCCCC/C=C\CCCCCCCC(=O)NCCCCC.CCCCCCCCCCCCCC(N)=O. The van der Waals surface area contributed by atoms with Gasteiger partial charge in [-0.05, 0) is 44.9 Å². The Morgan fingerprint density at radius 3 is 1.31 bits per heavy atom. The van der Waals surface area contributed by atoms with Gasteiger partial charge in [0.25, 0.3) is 0 Å². The Hall–Kier alpha value is -1.32. The highest BCUT2D eigenvalue weighted by Gasteiger charge is 2.00. The lowest BCUT2D eigenvalue weighted by molar-refractivity contribution is -0.121. The monoisotopic (exact) mass is 551 g/mol. The number of nitrogens with two attached hydrogens (primary N) is 1. The average Bonchev–Trinajstić information content (AvgIpc) is 2.92. The van der Waals surface area contributed by atoms with Crippen LogP contribution in [0.5, 0.6) is 0 Å². The minimum absolute atomic E-state index is 0.157. The van der Waals surface area contributed by atoms with Crippen LogP contribution in [0.2, 0.25) is 0 Å². The molecule has 0 spiro atoms. The normalized spacial score (nSPS) is 10.9. The van der Waals surface area contributed by atoms with Gasteiger partial charge in [0.05, 0.1) is 0 Å². The summed E-state index contributed by atoms with van der Waals surface area (Å²) in [5.41, 5.74) is 5.07. The van der Waals surface area contributed by atoms with Crippen LogP contribution in [-0.4, -0.2) is 18.4 Å². The summed E-state index contributed by atoms with van der Waals surface area (Å²) in [5, 5.41) is 3.01. The number of nitrogens with one attached hydrogen (secondary N) is 1. The van der Waals surface area contributed by atoms with E-state index in [2.05, 4.69) is 38.2 Å². The summed E-state index contributed by atoms with van der Waals surface area (Å²) in [5.74, 6) is 0.0861. The van der Waals surface area contributed by atoms with Gasteiger partial charge in [0, 0.05) is 19.4 Å². The van der Waals surface area contributed by atoms with Crippen LogP contribution in [0.3, 0.4) is 0 Å². The van der Waals surface area contributed by atoms with E-state index in [1.807, 2.05) is 0 Å². The summed E-state index contributed by atoms with van der Waals surface area (Å²) >= 11 is 0. The van der Waals surface area contributed by atoms with E-state index >= 15 is 0 Å². The van der Waals surface area contributed by atoms with Crippen LogP contribution in [0.25, 0.3) is 0 Å². The molecule has 0 radical (unpaired) electrons. The quantitative estimate of drug-likeness (QED) is 0.0718. The molecular formula is C35H70N2O2. The molecule has 0 aromatic rings. The molecule has 0 unspecified atom stereocenters. The van der Waals surface area contributed by atoms with Crippen LogP contribution in [0.1, 0.15) is 194 Å². The van der Waals surface area contributed by atoms with Gasteiger partial charge < -0.3 is 11.1 Å². The average molecular weight is 551 g/mol. The standard InChI is InChI=1S/C21H41NO.C14H29NO/c1-3-5-7-8-9-10-11-12-13-14-15-16-17-19-21(23)22-20-18-6-4-2;1-2-3-4-5-6-7-8-9-10-11-12-13-14(15)16/h10-11H,3-9,12-20H2,1-2H3,(H,22,23);2-13H2,1H3,(H2,15,16)/b11-10-;. The summed E-state index contributed by atoms with van der Waals surface area (Å²) in [6, 6.07) is 0. The summed E-state index contributed by atoms with van der Waals surface area (Å²) in [6.45, 7) is 7.56. The Morgan fingerprint density at radius 2 is 0.846 bits per heavy atom. The number of amides is 2. The second-order valence-electron chi connectivity index (χ2n) is 11.4. The molecule has 0 aromatic carbocycles. The Bertz CT molecular complexity index is 519. The van der Waals surface area contributed by atoms with Crippen molar-refractivity contribution in [3.63, 3.8) is 0 Å². The van der Waals surface area contributed by atoms with E-state index < -0.39 is 0 Å². The number of hydrogen-bond acceptors (Lipinski definition) is 2. The molecule has 0 saturated carbocycles. The van der Waals surface area contributed by atoms with Crippen molar-refractivity contribution >= 4 is 11.8 Å². The summed E-state index contributed by atoms with van der Waals surface area (Å²) in [4.78, 5) is 22.1. The fraction of sp³-hybridized carbons (Fsp3) is 0.886. The van der Waals surface area contributed by atoms with Crippen LogP contribution in [0, 0.1) is 0 Å². The first-order valence-corrected chi connectivity index (χ1v) is 17.3. The van der Waals surface area contributed by atoms with Gasteiger partial charge in [-0.25, -0.2) is 0 Å². The number of primary amides is 1. The molecule has 0 aliphatic heterocycles. The molecular weight excluding hydrogens is 480 g/mol. The second kappa shape index (κ2) is 36.7. The van der Waals surface area contributed by atoms with Crippen molar-refractivity contribution < 1.29 is 9.59 Å². The molecule has 0 rings (SSSR count). The highest BCUT2D eigenvalue weighted by atomic mass is 16.1. The molecule has 0 aromatic heterocycles. The number of hydrogen-bond donors (Lipinski definition) is 2. The highest BCUT2D eigenvalue weighted by Crippen LogP contribution is 2.12. The molecule has 0 fully saturated rings. The zero-order valence-corrected chi connectivity index (χ0v) is 26.8. The third-order valence-electron chi connectivity index (χ3n) is 7.29. The van der Waals surface area contributed by atoms with Crippen molar-refractivity contribution in [3.8, 4) is 0 Å². The number of unbranched alkanes of at least 4 members (excludes halogenated alkanes) is 21. The molecule has 0 aliphatic rings. The van der Waals surface area contributed by atoms with E-state index in [0.29, 0.717) is 12.8 Å². The zero-order valence-electron chi connectivity index (χ0n) is 26.8. The third-order valence-corrected chi connectivity index (χ3v) is 7.29. The highest BCUT2D eigenvalue weighted by molar-refractivity contribution is 5.75. The van der Waals surface area contributed by atoms with Gasteiger partial charge in [0.2, 0.25) is 11.8 Å². The second-order valence-corrected chi connectivity index (χ2v) is 11.4. The molecule has 0 atom stereocenters. The number of carbonyl (C=O) groups excluding carboxylic acids is 2. The lowest BCUT2D eigenvalue weighted by atomic mass is 10.1. The molecule has 232 valence electrons. The molecule has 0 heterocycles. The fourth-order valence-corrected chi connectivity index (χ4v) is 4.66. The maximum Gasteiger partial charge on any atom is 0.219 e. The van der Waals surface area contributed by atoms with E-state index in [0.717, 1.165) is 25.8 Å². The van der Waals surface area contributed by atoms with E-state index in [-0.39, 0.29) is 11.8 Å². The van der Waals surface area contributed by atoms with Crippen molar-refractivity contribution in [2.45, 2.75) is 194 Å². The van der Waals surface area contributed by atoms with Crippen LogP contribution in [-0.2, 0) is 9.59 Å². The summed E-state index contributed by atoms with van der Waals surface area (Å²) in [6.07, 6.45) is 38.0. The predicted molar refractivity (Wildman–Crippen MR) is 173 cm³/mol. The molecule has 3 N–H and O–H groups in total. The van der Waals surface area contributed by atoms with Gasteiger partial charge in [-0.1, -0.05) is 148 Å². The van der Waals surface area contributed by atoms with Crippen LogP contribution < -0.4 is 11.1 Å². The van der Waals surface area contributed by atoms with Gasteiger partial charge >= 0.3 is 0 Å². The molecule has 39 heavy (non-hydrogen) atoms. The zero-order chi connectivity index (χ0) is 29.1.